The molecule has 5 heteroatoms. The Morgan fingerprint density at radius 2 is 1.87 bits per heavy atom. The summed E-state index contributed by atoms with van der Waals surface area (Å²) in [5.74, 6) is -0.230. The molecule has 0 N–H and O–H groups in total. The van der Waals surface area contributed by atoms with Crippen molar-refractivity contribution in [1.29, 1.82) is 0 Å². The Hall–Kier alpha value is -2.69. The fourth-order valence-electron chi connectivity index (χ4n) is 1.79. The van der Waals surface area contributed by atoms with Gasteiger partial charge >= 0.3 is 5.97 Å². The highest BCUT2D eigenvalue weighted by Gasteiger charge is 2.06. The van der Waals surface area contributed by atoms with Crippen molar-refractivity contribution >= 4 is 17.9 Å². The maximum atomic E-state index is 13.4. The molecule has 23 heavy (non-hydrogen) atoms. The standard InChI is InChI=1S/C18H18FNO3/c1-13(2)23-18(21)12-22-15-9-7-14(8-10-15)11-20-17-6-4-3-5-16(17)19/h3-11,13H,12H2,1-2H3. The van der Waals surface area contributed by atoms with Crippen molar-refractivity contribution in [1.82, 2.24) is 0 Å². The number of ether oxygens (including phenoxy) is 2. The number of para-hydroxylation sites is 1. The molecule has 2 rings (SSSR count). The molecule has 0 aliphatic carbocycles. The van der Waals surface area contributed by atoms with Crippen molar-refractivity contribution in [2.75, 3.05) is 6.61 Å². The van der Waals surface area contributed by atoms with Gasteiger partial charge in [0.2, 0.25) is 0 Å². The fraction of sp³-hybridized carbons (Fsp3) is 0.222. The number of hydrogen-bond donors (Lipinski definition) is 0. The van der Waals surface area contributed by atoms with E-state index >= 15 is 0 Å². The summed E-state index contributed by atoms with van der Waals surface area (Å²) in [6, 6.07) is 13.3. The van der Waals surface area contributed by atoms with Crippen LogP contribution in [0.4, 0.5) is 10.1 Å². The van der Waals surface area contributed by atoms with Crippen LogP contribution < -0.4 is 4.74 Å². The number of aliphatic imine (C=N–C) groups is 1. The minimum absolute atomic E-state index is 0.138. The Morgan fingerprint density at radius 1 is 1.17 bits per heavy atom. The van der Waals surface area contributed by atoms with E-state index in [0.29, 0.717) is 5.75 Å². The Labute approximate surface area is 134 Å². The smallest absolute Gasteiger partial charge is 0.344 e. The largest absolute Gasteiger partial charge is 0.482 e. The Balaban J connectivity index is 1.92. The Kier molecular flexibility index (Phi) is 5.86. The summed E-state index contributed by atoms with van der Waals surface area (Å²) >= 11 is 0. The molecule has 0 aliphatic rings. The van der Waals surface area contributed by atoms with Gasteiger partial charge in [0, 0.05) is 6.21 Å². The molecular formula is C18H18FNO3. The van der Waals surface area contributed by atoms with Crippen molar-refractivity contribution in [2.24, 2.45) is 4.99 Å². The monoisotopic (exact) mass is 315 g/mol. The van der Waals surface area contributed by atoms with Crippen LogP contribution in [-0.4, -0.2) is 24.9 Å². The topological polar surface area (TPSA) is 47.9 Å². The first-order valence-corrected chi connectivity index (χ1v) is 7.25. The van der Waals surface area contributed by atoms with Gasteiger partial charge in [-0.2, -0.15) is 0 Å². The minimum Gasteiger partial charge on any atom is -0.482 e. The molecule has 0 atom stereocenters. The highest BCUT2D eigenvalue weighted by Crippen LogP contribution is 2.17. The summed E-state index contributed by atoms with van der Waals surface area (Å²) in [6.07, 6.45) is 1.40. The molecule has 0 unspecified atom stereocenters. The Morgan fingerprint density at radius 3 is 2.52 bits per heavy atom. The van der Waals surface area contributed by atoms with Crippen LogP contribution in [-0.2, 0) is 9.53 Å². The van der Waals surface area contributed by atoms with Gasteiger partial charge in [0.05, 0.1) is 11.8 Å². The average molecular weight is 315 g/mol. The zero-order valence-corrected chi connectivity index (χ0v) is 13.0. The molecule has 0 fully saturated rings. The molecule has 120 valence electrons. The number of rotatable bonds is 6. The van der Waals surface area contributed by atoms with E-state index in [0.717, 1.165) is 5.56 Å². The molecule has 0 bridgehead atoms. The molecular weight excluding hydrogens is 297 g/mol. The van der Waals surface area contributed by atoms with Gasteiger partial charge in [-0.15, -0.1) is 0 Å². The molecule has 0 heterocycles. The second-order valence-electron chi connectivity index (χ2n) is 5.11. The average Bonchev–Trinajstić information content (AvgIpc) is 2.52. The van der Waals surface area contributed by atoms with Gasteiger partial charge in [-0.3, -0.25) is 4.99 Å². The maximum Gasteiger partial charge on any atom is 0.344 e. The van der Waals surface area contributed by atoms with Crippen LogP contribution in [0.25, 0.3) is 0 Å². The van der Waals surface area contributed by atoms with Crippen LogP contribution in [0.2, 0.25) is 0 Å². The minimum atomic E-state index is -0.412. The van der Waals surface area contributed by atoms with E-state index in [1.807, 2.05) is 0 Å². The van der Waals surface area contributed by atoms with Gasteiger partial charge in [-0.05, 0) is 55.8 Å². The molecule has 0 aliphatic heterocycles. The van der Waals surface area contributed by atoms with Crippen LogP contribution in [0.3, 0.4) is 0 Å². The summed E-state index contributed by atoms with van der Waals surface area (Å²) in [5.41, 5.74) is 1.08. The maximum absolute atomic E-state index is 13.4. The third-order valence-corrected chi connectivity index (χ3v) is 2.81. The van der Waals surface area contributed by atoms with Crippen LogP contribution in [0.5, 0.6) is 5.75 Å². The predicted octanol–water partition coefficient (Wildman–Crippen LogP) is 3.91. The van der Waals surface area contributed by atoms with E-state index in [2.05, 4.69) is 4.99 Å². The van der Waals surface area contributed by atoms with Crippen LogP contribution in [0, 0.1) is 5.82 Å². The zero-order valence-electron chi connectivity index (χ0n) is 13.0. The highest BCUT2D eigenvalue weighted by atomic mass is 19.1. The summed E-state index contributed by atoms with van der Waals surface area (Å²) in [4.78, 5) is 15.5. The fourth-order valence-corrected chi connectivity index (χ4v) is 1.79. The third-order valence-electron chi connectivity index (χ3n) is 2.81. The lowest BCUT2D eigenvalue weighted by Crippen LogP contribution is -2.18. The van der Waals surface area contributed by atoms with Crippen molar-refractivity contribution < 1.29 is 18.7 Å². The van der Waals surface area contributed by atoms with E-state index in [-0.39, 0.29) is 24.2 Å². The molecule has 0 saturated carbocycles. The number of hydrogen-bond acceptors (Lipinski definition) is 4. The first-order chi connectivity index (χ1) is 11.0. The number of nitrogens with zero attached hydrogens (tertiary/aromatic N) is 1. The zero-order chi connectivity index (χ0) is 16.7. The van der Waals surface area contributed by atoms with Gasteiger partial charge in [0.15, 0.2) is 6.61 Å². The van der Waals surface area contributed by atoms with E-state index in [1.54, 1.807) is 62.5 Å². The van der Waals surface area contributed by atoms with Crippen LogP contribution >= 0.6 is 0 Å². The first kappa shape index (κ1) is 16.7. The molecule has 2 aromatic carbocycles. The second-order valence-corrected chi connectivity index (χ2v) is 5.11. The molecule has 0 spiro atoms. The summed E-state index contributed by atoms with van der Waals surface area (Å²) in [5, 5.41) is 0. The van der Waals surface area contributed by atoms with Gasteiger partial charge < -0.3 is 9.47 Å². The summed E-state index contributed by atoms with van der Waals surface area (Å²) in [7, 11) is 0. The Bertz CT molecular complexity index is 681. The van der Waals surface area contributed by atoms with Crippen molar-refractivity contribution in [3.63, 3.8) is 0 Å². The van der Waals surface area contributed by atoms with E-state index < -0.39 is 5.97 Å². The molecule has 2 aromatic rings. The molecule has 0 aromatic heterocycles. The lowest BCUT2D eigenvalue weighted by molar-refractivity contribution is -0.149. The molecule has 4 nitrogen and oxygen atoms in total. The SMILES string of the molecule is CC(C)OC(=O)COc1ccc(C=Nc2ccccc2F)cc1. The number of halogens is 1. The van der Waals surface area contributed by atoms with E-state index in [1.165, 1.54) is 6.07 Å². The van der Waals surface area contributed by atoms with E-state index in [9.17, 15) is 9.18 Å². The summed E-state index contributed by atoms with van der Waals surface area (Å²) < 4.78 is 23.7. The lowest BCUT2D eigenvalue weighted by Gasteiger charge is -2.09. The molecule has 0 amide bonds. The molecule has 0 saturated heterocycles. The number of esters is 1. The van der Waals surface area contributed by atoms with Crippen molar-refractivity contribution in [2.45, 2.75) is 20.0 Å². The van der Waals surface area contributed by atoms with Gasteiger partial charge in [0.1, 0.15) is 11.6 Å². The van der Waals surface area contributed by atoms with Crippen molar-refractivity contribution in [3.05, 3.63) is 59.9 Å². The van der Waals surface area contributed by atoms with Crippen molar-refractivity contribution in [3.8, 4) is 5.75 Å². The molecule has 0 radical (unpaired) electrons. The second kappa shape index (κ2) is 8.08. The third kappa shape index (κ3) is 5.54. The number of carbonyl (C=O) groups excluding carboxylic acids is 1. The predicted molar refractivity (Wildman–Crippen MR) is 86.8 cm³/mol. The highest BCUT2D eigenvalue weighted by molar-refractivity contribution is 5.82. The lowest BCUT2D eigenvalue weighted by atomic mass is 10.2. The van der Waals surface area contributed by atoms with Crippen LogP contribution in [0.1, 0.15) is 19.4 Å². The van der Waals surface area contributed by atoms with E-state index in [4.69, 9.17) is 9.47 Å². The van der Waals surface area contributed by atoms with Gasteiger partial charge in [-0.1, -0.05) is 12.1 Å². The normalized spacial score (nSPS) is 11.0. The summed E-state index contributed by atoms with van der Waals surface area (Å²) in [6.45, 7) is 3.42. The van der Waals surface area contributed by atoms with Crippen LogP contribution in [0.15, 0.2) is 53.5 Å². The quantitative estimate of drug-likeness (QED) is 0.600. The number of carbonyl (C=O) groups is 1. The number of benzene rings is 2. The van der Waals surface area contributed by atoms with Gasteiger partial charge in [0.25, 0.3) is 0 Å². The first-order valence-electron chi connectivity index (χ1n) is 7.25. The van der Waals surface area contributed by atoms with Gasteiger partial charge in [-0.25, -0.2) is 9.18 Å².